The summed E-state index contributed by atoms with van der Waals surface area (Å²) >= 11 is 0. The third-order valence-electron chi connectivity index (χ3n) is 4.65. The summed E-state index contributed by atoms with van der Waals surface area (Å²) in [5.41, 5.74) is -0.346. The summed E-state index contributed by atoms with van der Waals surface area (Å²) in [6.45, 7) is 0. The molecule has 4 atom stereocenters. The zero-order valence-corrected chi connectivity index (χ0v) is 9.19. The highest BCUT2D eigenvalue weighted by Gasteiger charge is 2.77. The van der Waals surface area contributed by atoms with E-state index in [-0.39, 0.29) is 28.8 Å². The quantitative estimate of drug-likeness (QED) is 0.485. The van der Waals surface area contributed by atoms with Crippen LogP contribution in [0, 0.1) is 23.2 Å². The molecule has 0 N–H and O–H groups in total. The first-order valence-electron chi connectivity index (χ1n) is 5.78. The Morgan fingerprint density at radius 2 is 2.19 bits per heavy atom. The van der Waals surface area contributed by atoms with Crippen molar-refractivity contribution < 1.29 is 19.1 Å². The molecule has 0 saturated heterocycles. The number of methoxy groups -OCH3 is 1. The minimum absolute atomic E-state index is 0.0490. The highest BCUT2D eigenvalue weighted by Crippen LogP contribution is 2.72. The topological polar surface area (TPSA) is 60.4 Å². The first kappa shape index (κ1) is 10.00. The van der Waals surface area contributed by atoms with Gasteiger partial charge in [0.05, 0.1) is 7.11 Å². The summed E-state index contributed by atoms with van der Waals surface area (Å²) < 4.78 is 4.61. The SMILES string of the molecule is COC(=O)C1C[C@H]2[C@@H](C1=O)[C@@]21CCCC1=O. The second kappa shape index (κ2) is 2.93. The summed E-state index contributed by atoms with van der Waals surface area (Å²) in [5.74, 6) is -0.853. The second-order valence-electron chi connectivity index (χ2n) is 5.12. The maximum absolute atomic E-state index is 12.0. The Hall–Kier alpha value is -1.19. The van der Waals surface area contributed by atoms with Crippen LogP contribution in [-0.2, 0) is 19.1 Å². The monoisotopic (exact) mass is 222 g/mol. The van der Waals surface area contributed by atoms with Crippen LogP contribution < -0.4 is 0 Å². The average molecular weight is 222 g/mol. The number of hydrogen-bond donors (Lipinski definition) is 0. The Kier molecular flexibility index (Phi) is 1.83. The lowest BCUT2D eigenvalue weighted by molar-refractivity contribution is -0.150. The predicted octanol–water partition coefficient (Wildman–Crippen LogP) is 0.734. The van der Waals surface area contributed by atoms with Crippen LogP contribution in [-0.4, -0.2) is 24.6 Å². The Labute approximate surface area is 93.3 Å². The minimum Gasteiger partial charge on any atom is -0.468 e. The molecule has 3 saturated carbocycles. The summed E-state index contributed by atoms with van der Waals surface area (Å²) in [5, 5.41) is 0. The van der Waals surface area contributed by atoms with Crippen LogP contribution in [0.25, 0.3) is 0 Å². The molecule has 0 aromatic carbocycles. The van der Waals surface area contributed by atoms with E-state index in [0.29, 0.717) is 12.8 Å². The van der Waals surface area contributed by atoms with Crippen LogP contribution in [0.4, 0.5) is 0 Å². The summed E-state index contributed by atoms with van der Waals surface area (Å²) in [6.07, 6.45) is 2.90. The number of esters is 1. The van der Waals surface area contributed by atoms with Crippen LogP contribution in [0.2, 0.25) is 0 Å². The fourth-order valence-electron chi connectivity index (χ4n) is 3.89. The molecule has 0 aromatic heterocycles. The zero-order valence-electron chi connectivity index (χ0n) is 9.19. The number of rotatable bonds is 1. The van der Waals surface area contributed by atoms with Crippen LogP contribution in [0.1, 0.15) is 25.7 Å². The molecular formula is C12H14O4. The van der Waals surface area contributed by atoms with Crippen LogP contribution in [0.5, 0.6) is 0 Å². The Bertz CT molecular complexity index is 400. The maximum atomic E-state index is 12.0. The Balaban J connectivity index is 1.82. The van der Waals surface area contributed by atoms with E-state index in [4.69, 9.17) is 0 Å². The van der Waals surface area contributed by atoms with E-state index in [9.17, 15) is 14.4 Å². The molecule has 3 aliphatic rings. The third-order valence-corrected chi connectivity index (χ3v) is 4.65. The fourth-order valence-corrected chi connectivity index (χ4v) is 3.89. The van der Waals surface area contributed by atoms with Crippen LogP contribution >= 0.6 is 0 Å². The van der Waals surface area contributed by atoms with Crippen molar-refractivity contribution in [2.24, 2.45) is 23.2 Å². The van der Waals surface area contributed by atoms with Gasteiger partial charge in [0.25, 0.3) is 0 Å². The lowest BCUT2D eigenvalue weighted by atomic mass is 9.87. The van der Waals surface area contributed by atoms with Gasteiger partial charge in [-0.3, -0.25) is 14.4 Å². The van der Waals surface area contributed by atoms with Crippen molar-refractivity contribution in [2.45, 2.75) is 25.7 Å². The van der Waals surface area contributed by atoms with Crippen LogP contribution in [0.15, 0.2) is 0 Å². The number of Topliss-reactive ketones (excluding diaryl/α,β-unsaturated/α-hetero) is 2. The van der Waals surface area contributed by atoms with Crippen molar-refractivity contribution in [1.29, 1.82) is 0 Å². The van der Waals surface area contributed by atoms with Crippen molar-refractivity contribution in [1.82, 2.24) is 0 Å². The summed E-state index contributed by atoms with van der Waals surface area (Å²) in [6, 6.07) is 0. The van der Waals surface area contributed by atoms with E-state index in [1.54, 1.807) is 0 Å². The molecule has 0 bridgehead atoms. The van der Waals surface area contributed by atoms with Gasteiger partial charge < -0.3 is 4.74 Å². The fraction of sp³-hybridized carbons (Fsp3) is 0.750. The van der Waals surface area contributed by atoms with E-state index in [1.807, 2.05) is 0 Å². The largest absolute Gasteiger partial charge is 0.468 e. The molecule has 0 aliphatic heterocycles. The molecule has 3 fully saturated rings. The first-order valence-corrected chi connectivity index (χ1v) is 5.78. The van der Waals surface area contributed by atoms with Crippen LogP contribution in [0.3, 0.4) is 0 Å². The number of hydrogen-bond acceptors (Lipinski definition) is 4. The maximum Gasteiger partial charge on any atom is 0.316 e. The van der Waals surface area contributed by atoms with Crippen molar-refractivity contribution in [3.63, 3.8) is 0 Å². The van der Waals surface area contributed by atoms with E-state index in [2.05, 4.69) is 4.74 Å². The van der Waals surface area contributed by atoms with Crippen molar-refractivity contribution >= 4 is 17.5 Å². The highest BCUT2D eigenvalue weighted by molar-refractivity contribution is 6.09. The number of carbonyl (C=O) groups is 3. The van der Waals surface area contributed by atoms with Gasteiger partial charge in [0.2, 0.25) is 0 Å². The molecule has 3 rings (SSSR count). The predicted molar refractivity (Wildman–Crippen MR) is 53.4 cm³/mol. The number of fused-ring (bicyclic) bond motifs is 3. The molecule has 86 valence electrons. The summed E-state index contributed by atoms with van der Waals surface area (Å²) in [4.78, 5) is 35.1. The van der Waals surface area contributed by atoms with Gasteiger partial charge in [-0.05, 0) is 25.2 Å². The number of ketones is 2. The first-order chi connectivity index (χ1) is 7.63. The van der Waals surface area contributed by atoms with Gasteiger partial charge in [-0.25, -0.2) is 0 Å². The molecule has 1 unspecified atom stereocenters. The Morgan fingerprint density at radius 3 is 2.62 bits per heavy atom. The van der Waals surface area contributed by atoms with Gasteiger partial charge in [-0.2, -0.15) is 0 Å². The normalized spacial score (nSPS) is 44.9. The minimum atomic E-state index is -0.598. The average Bonchev–Trinajstić information content (AvgIpc) is 2.51. The molecular weight excluding hydrogens is 208 g/mol. The van der Waals surface area contributed by atoms with Gasteiger partial charge in [-0.15, -0.1) is 0 Å². The van der Waals surface area contributed by atoms with E-state index in [0.717, 1.165) is 12.8 Å². The highest BCUT2D eigenvalue weighted by atomic mass is 16.5. The molecule has 0 aromatic rings. The molecule has 16 heavy (non-hydrogen) atoms. The summed E-state index contributed by atoms with van der Waals surface area (Å²) in [7, 11) is 1.30. The van der Waals surface area contributed by atoms with Crippen molar-refractivity contribution in [3.05, 3.63) is 0 Å². The van der Waals surface area contributed by atoms with Gasteiger partial charge in [0, 0.05) is 17.8 Å². The molecule has 0 radical (unpaired) electrons. The molecule has 0 amide bonds. The molecule has 3 aliphatic carbocycles. The number of carbonyl (C=O) groups excluding carboxylic acids is 3. The van der Waals surface area contributed by atoms with E-state index in [1.165, 1.54) is 7.11 Å². The van der Waals surface area contributed by atoms with Gasteiger partial charge in [0.1, 0.15) is 11.7 Å². The van der Waals surface area contributed by atoms with E-state index < -0.39 is 11.9 Å². The second-order valence-corrected chi connectivity index (χ2v) is 5.12. The smallest absolute Gasteiger partial charge is 0.316 e. The van der Waals surface area contributed by atoms with Crippen molar-refractivity contribution in [3.8, 4) is 0 Å². The Morgan fingerprint density at radius 1 is 1.44 bits per heavy atom. The molecule has 4 heteroatoms. The lowest BCUT2D eigenvalue weighted by Gasteiger charge is -2.15. The zero-order chi connectivity index (χ0) is 11.5. The molecule has 1 spiro atoms. The van der Waals surface area contributed by atoms with Gasteiger partial charge in [-0.1, -0.05) is 0 Å². The molecule has 0 heterocycles. The van der Waals surface area contributed by atoms with Crippen molar-refractivity contribution in [2.75, 3.05) is 7.11 Å². The lowest BCUT2D eigenvalue weighted by Crippen LogP contribution is -2.29. The third kappa shape index (κ3) is 0.931. The number of ether oxygens (including phenoxy) is 1. The standard InChI is InChI=1S/C12H14O4/c1-16-11(15)6-5-7-9(10(6)14)12(7)4-2-3-8(12)13/h6-7,9H,2-5H2,1H3/t6?,7-,9-,12-/m0/s1. The van der Waals surface area contributed by atoms with E-state index >= 15 is 0 Å². The molecule has 4 nitrogen and oxygen atoms in total. The van der Waals surface area contributed by atoms with Gasteiger partial charge in [0.15, 0.2) is 5.78 Å². The van der Waals surface area contributed by atoms with Gasteiger partial charge >= 0.3 is 5.97 Å².